The van der Waals surface area contributed by atoms with E-state index in [-0.39, 0.29) is 64.9 Å². The Kier molecular flexibility index (Phi) is 7.87. The number of nitrogens with one attached hydrogen (secondary N) is 2. The van der Waals surface area contributed by atoms with Crippen LogP contribution < -0.4 is 20.1 Å². The quantitative estimate of drug-likeness (QED) is 0.354. The minimum absolute atomic E-state index is 0.0170. The first-order chi connectivity index (χ1) is 19.9. The van der Waals surface area contributed by atoms with Gasteiger partial charge in [0.2, 0.25) is 0 Å². The van der Waals surface area contributed by atoms with Crippen molar-refractivity contribution in [3.8, 4) is 22.6 Å². The van der Waals surface area contributed by atoms with Crippen LogP contribution >= 0.6 is 11.6 Å². The highest BCUT2D eigenvalue weighted by atomic mass is 35.5. The molecule has 3 aliphatic rings. The van der Waals surface area contributed by atoms with E-state index in [2.05, 4.69) is 10.6 Å². The summed E-state index contributed by atoms with van der Waals surface area (Å²) in [5, 5.41) is 15.4. The maximum Gasteiger partial charge on any atom is 0.252 e. The summed E-state index contributed by atoms with van der Waals surface area (Å²) in [6, 6.07) is 13.4. The van der Waals surface area contributed by atoms with Crippen molar-refractivity contribution in [1.29, 1.82) is 0 Å². The lowest BCUT2D eigenvalue weighted by Crippen LogP contribution is -2.48. The van der Waals surface area contributed by atoms with E-state index in [9.17, 15) is 9.90 Å². The molecule has 216 valence electrons. The fourth-order valence-corrected chi connectivity index (χ4v) is 6.45. The molecule has 0 radical (unpaired) electrons. The second-order valence-corrected chi connectivity index (χ2v) is 11.0. The molecule has 0 saturated carbocycles. The smallest absolute Gasteiger partial charge is 0.252 e. The molecule has 2 saturated heterocycles. The van der Waals surface area contributed by atoms with Crippen molar-refractivity contribution in [2.45, 2.75) is 43.4 Å². The van der Waals surface area contributed by atoms with Crippen LogP contribution in [0, 0.1) is 11.6 Å². The maximum absolute atomic E-state index is 16.4. The highest BCUT2D eigenvalue weighted by Crippen LogP contribution is 2.52. The molecule has 41 heavy (non-hydrogen) atoms. The average molecular weight is 585 g/mol. The van der Waals surface area contributed by atoms with Crippen LogP contribution in [0.2, 0.25) is 5.02 Å². The zero-order valence-corrected chi connectivity index (χ0v) is 23.1. The number of halogens is 3. The number of aliphatic hydroxyl groups excluding tert-OH is 1. The molecule has 3 N–H and O–H groups in total. The van der Waals surface area contributed by atoms with Gasteiger partial charge in [0, 0.05) is 35.8 Å². The van der Waals surface area contributed by atoms with Gasteiger partial charge in [0.05, 0.1) is 35.9 Å². The van der Waals surface area contributed by atoms with Gasteiger partial charge in [-0.3, -0.25) is 4.79 Å². The number of hydrogen-bond acceptors (Lipinski definition) is 6. The molecule has 3 aromatic rings. The predicted octanol–water partition coefficient (Wildman–Crippen LogP) is 4.76. The lowest BCUT2D eigenvalue weighted by atomic mass is 9.80. The zero-order valence-electron chi connectivity index (χ0n) is 22.4. The molecule has 3 aromatic carbocycles. The van der Waals surface area contributed by atoms with E-state index in [1.54, 1.807) is 0 Å². The number of amides is 1. The first-order valence-corrected chi connectivity index (χ1v) is 14.2. The molecular formula is C31H31ClF2N2O5. The molecule has 3 atom stereocenters. The van der Waals surface area contributed by atoms with Crippen LogP contribution in [-0.2, 0) is 16.8 Å². The zero-order chi connectivity index (χ0) is 28.6. The third-order valence-corrected chi connectivity index (χ3v) is 8.49. The highest BCUT2D eigenvalue weighted by molar-refractivity contribution is 6.34. The molecule has 0 bridgehead atoms. The second-order valence-electron chi connectivity index (χ2n) is 10.6. The normalized spacial score (nSPS) is 23.3. The van der Waals surface area contributed by atoms with Gasteiger partial charge in [-0.2, -0.15) is 0 Å². The Morgan fingerprint density at radius 3 is 2.71 bits per heavy atom. The van der Waals surface area contributed by atoms with Crippen LogP contribution in [0.15, 0.2) is 48.5 Å². The number of hydrogen-bond donors (Lipinski definition) is 3. The van der Waals surface area contributed by atoms with Crippen molar-refractivity contribution in [2.24, 2.45) is 0 Å². The van der Waals surface area contributed by atoms with E-state index in [1.807, 2.05) is 30.3 Å². The standard InChI is InChI=1S/C31H31ClF2N2O5/c32-28-22(33)15-24-21(16-31(41-24,25-7-4-11-35-25)18-5-2-1-3-6-18)26(28)27-20(30(38)36-19-10-13-39-17-19)8-9-23(29(27)34)40-14-12-37/h1-3,5-6,8-9,15,19,25,35,37H,4,7,10-14,16-17H2,(H,36,38)/t19-,25+,31+/m1/s1. The average Bonchev–Trinajstić information content (AvgIpc) is 3.76. The Bertz CT molecular complexity index is 1440. The molecule has 6 rings (SSSR count). The number of rotatable bonds is 8. The largest absolute Gasteiger partial charge is 0.488 e. The van der Waals surface area contributed by atoms with Gasteiger partial charge in [-0.15, -0.1) is 0 Å². The van der Waals surface area contributed by atoms with Crippen LogP contribution in [0.3, 0.4) is 0 Å². The van der Waals surface area contributed by atoms with Crippen LogP contribution in [0.4, 0.5) is 8.78 Å². The molecule has 0 spiro atoms. The molecular weight excluding hydrogens is 554 g/mol. The second kappa shape index (κ2) is 11.6. The van der Waals surface area contributed by atoms with Crippen LogP contribution in [0.25, 0.3) is 11.1 Å². The van der Waals surface area contributed by atoms with Gasteiger partial charge >= 0.3 is 0 Å². The number of fused-ring (bicyclic) bond motifs is 1. The van der Waals surface area contributed by atoms with Crippen LogP contribution in [-0.4, -0.2) is 56.1 Å². The molecule has 3 heterocycles. The third kappa shape index (κ3) is 5.05. The van der Waals surface area contributed by atoms with E-state index >= 15 is 8.78 Å². The summed E-state index contributed by atoms with van der Waals surface area (Å²) in [5.74, 6) is -2.14. The Balaban J connectivity index is 1.53. The maximum atomic E-state index is 16.4. The fraction of sp³-hybridized carbons (Fsp3) is 0.387. The summed E-state index contributed by atoms with van der Waals surface area (Å²) in [5.41, 5.74) is 0.373. The monoisotopic (exact) mass is 584 g/mol. The van der Waals surface area contributed by atoms with Crippen LogP contribution in [0.5, 0.6) is 11.5 Å². The highest BCUT2D eigenvalue weighted by Gasteiger charge is 2.50. The van der Waals surface area contributed by atoms with Gasteiger partial charge in [-0.25, -0.2) is 8.78 Å². The van der Waals surface area contributed by atoms with Crippen molar-refractivity contribution >= 4 is 17.5 Å². The van der Waals surface area contributed by atoms with Gasteiger partial charge in [-0.1, -0.05) is 41.9 Å². The van der Waals surface area contributed by atoms with E-state index < -0.39 is 23.1 Å². The van der Waals surface area contributed by atoms with Gasteiger partial charge in [0.15, 0.2) is 17.2 Å². The Morgan fingerprint density at radius 1 is 1.17 bits per heavy atom. The Labute approximate surface area is 241 Å². The van der Waals surface area contributed by atoms with Gasteiger partial charge in [0.1, 0.15) is 18.2 Å². The first kappa shape index (κ1) is 27.9. The summed E-state index contributed by atoms with van der Waals surface area (Å²) in [6.45, 7) is 1.17. The minimum Gasteiger partial charge on any atom is -0.488 e. The molecule has 10 heteroatoms. The van der Waals surface area contributed by atoms with Gasteiger partial charge in [-0.05, 0) is 43.5 Å². The van der Waals surface area contributed by atoms with Crippen LogP contribution in [0.1, 0.15) is 40.7 Å². The van der Waals surface area contributed by atoms with Crippen molar-refractivity contribution in [2.75, 3.05) is 33.0 Å². The number of benzene rings is 3. The minimum atomic E-state index is -0.892. The van der Waals surface area contributed by atoms with Crippen molar-refractivity contribution < 1.29 is 32.9 Å². The molecule has 1 amide bonds. The molecule has 0 aliphatic carbocycles. The summed E-state index contributed by atoms with van der Waals surface area (Å²) in [4.78, 5) is 13.5. The molecule has 2 fully saturated rings. The topological polar surface area (TPSA) is 89.1 Å². The summed E-state index contributed by atoms with van der Waals surface area (Å²) >= 11 is 6.64. The van der Waals surface area contributed by atoms with E-state index in [0.29, 0.717) is 25.2 Å². The van der Waals surface area contributed by atoms with E-state index in [0.717, 1.165) is 24.9 Å². The van der Waals surface area contributed by atoms with Crippen molar-refractivity contribution in [3.05, 3.63) is 81.9 Å². The number of carbonyl (C=O) groups is 1. The van der Waals surface area contributed by atoms with Crippen molar-refractivity contribution in [1.82, 2.24) is 10.6 Å². The molecule has 0 unspecified atom stereocenters. The summed E-state index contributed by atoms with van der Waals surface area (Å²) in [6.07, 6.45) is 2.69. The first-order valence-electron chi connectivity index (χ1n) is 13.9. The van der Waals surface area contributed by atoms with E-state index in [4.69, 9.17) is 25.8 Å². The van der Waals surface area contributed by atoms with Gasteiger partial charge < -0.3 is 30.0 Å². The number of ether oxygens (including phenoxy) is 3. The Morgan fingerprint density at radius 2 is 2.00 bits per heavy atom. The predicted molar refractivity (Wildman–Crippen MR) is 150 cm³/mol. The molecule has 0 aromatic heterocycles. The summed E-state index contributed by atoms with van der Waals surface area (Å²) in [7, 11) is 0. The number of carbonyl (C=O) groups excluding carboxylic acids is 1. The lowest BCUT2D eigenvalue weighted by molar-refractivity contribution is 0.0539. The molecule has 7 nitrogen and oxygen atoms in total. The third-order valence-electron chi connectivity index (χ3n) is 8.12. The molecule has 3 aliphatic heterocycles. The van der Waals surface area contributed by atoms with E-state index in [1.165, 1.54) is 18.2 Å². The van der Waals surface area contributed by atoms with Crippen molar-refractivity contribution in [3.63, 3.8) is 0 Å². The van der Waals surface area contributed by atoms with Gasteiger partial charge in [0.25, 0.3) is 5.91 Å². The summed E-state index contributed by atoms with van der Waals surface area (Å²) < 4.78 is 49.3. The SMILES string of the molecule is O=C(N[C@@H]1CCOC1)c1ccc(OCCO)c(F)c1-c1c(Cl)c(F)cc2c1C[C@](c1ccccc1)([C@@H]1CCCN1)O2. The Hall–Kier alpha value is -3.24. The number of aliphatic hydroxyl groups is 1. The fourth-order valence-electron chi connectivity index (χ4n) is 6.19. The lowest BCUT2D eigenvalue weighted by Gasteiger charge is -2.35.